The largest absolute Gasteiger partial charge is 0.507 e. The third kappa shape index (κ3) is 3.48. The lowest BCUT2D eigenvalue weighted by molar-refractivity contribution is -0.132. The van der Waals surface area contributed by atoms with Gasteiger partial charge >= 0.3 is 0 Å². The van der Waals surface area contributed by atoms with Crippen molar-refractivity contribution in [2.75, 3.05) is 4.90 Å². The average molecular weight is 420 g/mol. The standard InChI is InChI=1S/C24H18F2N2O3/c1-13-5-6-14(2)17(10-13)22(29)20-21(15-4-3-9-27-12-15)28(24(31)23(20)30)16-7-8-18(25)19(26)11-16/h3-12,21,29H,1-2H3/b22-20+. The first-order valence-electron chi connectivity index (χ1n) is 9.53. The van der Waals surface area contributed by atoms with Crippen LogP contribution in [0.1, 0.15) is 28.3 Å². The summed E-state index contributed by atoms with van der Waals surface area (Å²) in [6.07, 6.45) is 2.98. The van der Waals surface area contributed by atoms with Crippen molar-refractivity contribution in [1.29, 1.82) is 0 Å². The van der Waals surface area contributed by atoms with Crippen LogP contribution in [0.25, 0.3) is 5.76 Å². The number of carbonyl (C=O) groups is 2. The SMILES string of the molecule is Cc1ccc(C)c(/C(O)=C2\C(=O)C(=O)N(c3ccc(F)c(F)c3)C2c2cccnc2)c1. The van der Waals surface area contributed by atoms with E-state index in [0.29, 0.717) is 16.7 Å². The van der Waals surface area contributed by atoms with Gasteiger partial charge in [-0.05, 0) is 49.2 Å². The van der Waals surface area contributed by atoms with Crippen LogP contribution in [0, 0.1) is 25.5 Å². The minimum Gasteiger partial charge on any atom is -0.507 e. The molecular formula is C24H18F2N2O3. The number of anilines is 1. The molecule has 2 heterocycles. The predicted molar refractivity (Wildman–Crippen MR) is 111 cm³/mol. The number of Topliss-reactive ketones (excluding diaryl/α,β-unsaturated/α-hetero) is 1. The van der Waals surface area contributed by atoms with Crippen LogP contribution in [-0.2, 0) is 9.59 Å². The zero-order chi connectivity index (χ0) is 22.3. The van der Waals surface area contributed by atoms with Crippen LogP contribution in [0.2, 0.25) is 0 Å². The van der Waals surface area contributed by atoms with Gasteiger partial charge in [0.2, 0.25) is 0 Å². The van der Waals surface area contributed by atoms with E-state index in [4.69, 9.17) is 0 Å². The van der Waals surface area contributed by atoms with Crippen LogP contribution in [-0.4, -0.2) is 21.8 Å². The smallest absolute Gasteiger partial charge is 0.300 e. The molecule has 7 heteroatoms. The third-order valence-electron chi connectivity index (χ3n) is 5.27. The van der Waals surface area contributed by atoms with E-state index in [2.05, 4.69) is 4.98 Å². The Bertz CT molecular complexity index is 1240. The number of aliphatic hydroxyl groups is 1. The molecule has 1 saturated heterocycles. The maximum Gasteiger partial charge on any atom is 0.300 e. The minimum absolute atomic E-state index is 0.00475. The Kier molecular flexibility index (Phi) is 5.10. The van der Waals surface area contributed by atoms with Crippen molar-refractivity contribution in [2.45, 2.75) is 19.9 Å². The molecule has 31 heavy (non-hydrogen) atoms. The second-order valence-corrected chi connectivity index (χ2v) is 7.37. The number of aliphatic hydroxyl groups excluding tert-OH is 1. The number of carbonyl (C=O) groups excluding carboxylic acids is 2. The van der Waals surface area contributed by atoms with Crippen LogP contribution < -0.4 is 4.90 Å². The number of hydrogen-bond acceptors (Lipinski definition) is 4. The number of ketones is 1. The first kappa shape index (κ1) is 20.4. The molecule has 0 radical (unpaired) electrons. The summed E-state index contributed by atoms with van der Waals surface area (Å²) in [4.78, 5) is 31.1. The molecule has 1 aliphatic heterocycles. The van der Waals surface area contributed by atoms with Gasteiger partial charge in [0.1, 0.15) is 5.76 Å². The van der Waals surface area contributed by atoms with Gasteiger partial charge in [0.25, 0.3) is 11.7 Å². The summed E-state index contributed by atoms with van der Waals surface area (Å²) in [6, 6.07) is 10.5. The van der Waals surface area contributed by atoms with Gasteiger partial charge in [-0.3, -0.25) is 19.5 Å². The zero-order valence-corrected chi connectivity index (χ0v) is 16.8. The predicted octanol–water partition coefficient (Wildman–Crippen LogP) is 4.60. The molecule has 0 bridgehead atoms. The Balaban J connectivity index is 1.98. The van der Waals surface area contributed by atoms with Crippen molar-refractivity contribution in [3.63, 3.8) is 0 Å². The lowest BCUT2D eigenvalue weighted by atomic mass is 9.94. The fourth-order valence-corrected chi connectivity index (χ4v) is 3.72. The average Bonchev–Trinajstić information content (AvgIpc) is 3.03. The number of aryl methyl sites for hydroxylation is 2. The first-order chi connectivity index (χ1) is 14.8. The summed E-state index contributed by atoms with van der Waals surface area (Å²) in [6.45, 7) is 3.62. The van der Waals surface area contributed by atoms with Gasteiger partial charge in [0, 0.05) is 29.7 Å². The number of halogens is 2. The van der Waals surface area contributed by atoms with Crippen molar-refractivity contribution in [3.05, 3.63) is 100 Å². The van der Waals surface area contributed by atoms with Crippen molar-refractivity contribution in [1.82, 2.24) is 4.98 Å². The van der Waals surface area contributed by atoms with E-state index < -0.39 is 29.4 Å². The first-order valence-corrected chi connectivity index (χ1v) is 9.53. The van der Waals surface area contributed by atoms with Crippen LogP contribution in [0.5, 0.6) is 0 Å². The van der Waals surface area contributed by atoms with E-state index in [1.807, 2.05) is 13.0 Å². The summed E-state index contributed by atoms with van der Waals surface area (Å²) in [5, 5.41) is 11.1. The molecule has 3 aromatic rings. The van der Waals surface area contributed by atoms with Crippen LogP contribution >= 0.6 is 0 Å². The molecule has 4 rings (SSSR count). The Morgan fingerprint density at radius 3 is 2.48 bits per heavy atom. The molecule has 1 fully saturated rings. The number of nitrogens with zero attached hydrogens (tertiary/aromatic N) is 2. The lowest BCUT2D eigenvalue weighted by Crippen LogP contribution is -2.29. The molecule has 1 aromatic heterocycles. The lowest BCUT2D eigenvalue weighted by Gasteiger charge is -2.25. The zero-order valence-electron chi connectivity index (χ0n) is 16.8. The van der Waals surface area contributed by atoms with E-state index in [-0.39, 0.29) is 17.0 Å². The van der Waals surface area contributed by atoms with Crippen LogP contribution in [0.3, 0.4) is 0 Å². The number of pyridine rings is 1. The van der Waals surface area contributed by atoms with Crippen LogP contribution in [0.4, 0.5) is 14.5 Å². The Morgan fingerprint density at radius 1 is 1.03 bits per heavy atom. The summed E-state index contributed by atoms with van der Waals surface area (Å²) in [5.41, 5.74) is 2.29. The van der Waals surface area contributed by atoms with Crippen molar-refractivity contribution in [3.8, 4) is 0 Å². The van der Waals surface area contributed by atoms with Gasteiger partial charge in [0.15, 0.2) is 11.6 Å². The second kappa shape index (κ2) is 7.75. The highest BCUT2D eigenvalue weighted by Gasteiger charge is 2.47. The Hall–Kier alpha value is -3.87. The van der Waals surface area contributed by atoms with Gasteiger partial charge in [0.05, 0.1) is 11.6 Å². The quantitative estimate of drug-likeness (QED) is 0.382. The maximum absolute atomic E-state index is 13.9. The molecule has 1 N–H and O–H groups in total. The summed E-state index contributed by atoms with van der Waals surface area (Å²) in [7, 11) is 0. The highest BCUT2D eigenvalue weighted by Crippen LogP contribution is 2.42. The third-order valence-corrected chi connectivity index (χ3v) is 5.27. The van der Waals surface area contributed by atoms with Crippen molar-refractivity contribution >= 4 is 23.1 Å². The highest BCUT2D eigenvalue weighted by molar-refractivity contribution is 6.51. The molecule has 1 atom stereocenters. The highest BCUT2D eigenvalue weighted by atomic mass is 19.2. The molecule has 1 aliphatic rings. The van der Waals surface area contributed by atoms with Crippen LogP contribution in [0.15, 0.2) is 66.5 Å². The second-order valence-electron chi connectivity index (χ2n) is 7.37. The molecule has 0 aliphatic carbocycles. The van der Waals surface area contributed by atoms with E-state index in [1.165, 1.54) is 18.5 Å². The fraction of sp³-hybridized carbons (Fsp3) is 0.125. The molecule has 5 nitrogen and oxygen atoms in total. The normalized spacial score (nSPS) is 17.9. The number of rotatable bonds is 3. The molecule has 1 amide bonds. The monoisotopic (exact) mass is 420 g/mol. The van der Waals surface area contributed by atoms with Crippen molar-refractivity contribution in [2.24, 2.45) is 0 Å². The van der Waals surface area contributed by atoms with E-state index in [1.54, 1.807) is 31.2 Å². The fourth-order valence-electron chi connectivity index (χ4n) is 3.72. The minimum atomic E-state index is -1.15. The summed E-state index contributed by atoms with van der Waals surface area (Å²) >= 11 is 0. The number of amides is 1. The van der Waals surface area contributed by atoms with Gasteiger partial charge in [-0.25, -0.2) is 8.78 Å². The van der Waals surface area contributed by atoms with Gasteiger partial charge in [-0.1, -0.05) is 23.8 Å². The molecule has 0 saturated carbocycles. The topological polar surface area (TPSA) is 70.5 Å². The molecular weight excluding hydrogens is 402 g/mol. The Labute approximate surface area is 177 Å². The number of hydrogen-bond donors (Lipinski definition) is 1. The maximum atomic E-state index is 13.9. The molecule has 1 unspecified atom stereocenters. The Morgan fingerprint density at radius 2 is 1.81 bits per heavy atom. The molecule has 0 spiro atoms. The summed E-state index contributed by atoms with van der Waals surface area (Å²) < 4.78 is 27.4. The van der Waals surface area contributed by atoms with E-state index in [9.17, 15) is 23.5 Å². The van der Waals surface area contributed by atoms with Gasteiger partial charge in [-0.2, -0.15) is 0 Å². The number of benzene rings is 2. The molecule has 156 valence electrons. The van der Waals surface area contributed by atoms with E-state index in [0.717, 1.165) is 22.6 Å². The van der Waals surface area contributed by atoms with E-state index >= 15 is 0 Å². The van der Waals surface area contributed by atoms with Gasteiger partial charge < -0.3 is 5.11 Å². The van der Waals surface area contributed by atoms with Crippen molar-refractivity contribution < 1.29 is 23.5 Å². The molecule has 2 aromatic carbocycles. The summed E-state index contributed by atoms with van der Waals surface area (Å²) in [5.74, 6) is -4.44. The number of aromatic nitrogens is 1. The van der Waals surface area contributed by atoms with Gasteiger partial charge in [-0.15, -0.1) is 0 Å².